The van der Waals surface area contributed by atoms with Crippen molar-refractivity contribution in [2.75, 3.05) is 19.8 Å². The summed E-state index contributed by atoms with van der Waals surface area (Å²) in [5.74, 6) is -0.213. The predicted molar refractivity (Wildman–Crippen MR) is 64.4 cm³/mol. The number of hydrogen-bond acceptors (Lipinski definition) is 2. The van der Waals surface area contributed by atoms with E-state index in [1.54, 1.807) is 12.1 Å². The lowest BCUT2D eigenvalue weighted by atomic mass is 9.77. The van der Waals surface area contributed by atoms with E-state index in [1.165, 1.54) is 6.07 Å². The molecule has 0 bridgehead atoms. The summed E-state index contributed by atoms with van der Waals surface area (Å²) >= 11 is 0. The van der Waals surface area contributed by atoms with Gasteiger partial charge in [-0.05, 0) is 49.4 Å². The van der Waals surface area contributed by atoms with Crippen LogP contribution in [0.2, 0.25) is 0 Å². The lowest BCUT2D eigenvalue weighted by Crippen LogP contribution is -2.37. The summed E-state index contributed by atoms with van der Waals surface area (Å²) in [6, 6.07) is 4.84. The average molecular weight is 238 g/mol. The van der Waals surface area contributed by atoms with Gasteiger partial charge in [0.2, 0.25) is 0 Å². The lowest BCUT2D eigenvalue weighted by Gasteiger charge is -2.35. The molecule has 1 aliphatic rings. The van der Waals surface area contributed by atoms with Gasteiger partial charge in [-0.2, -0.15) is 0 Å². The number of rotatable bonds is 3. The zero-order valence-corrected chi connectivity index (χ0v) is 10.2. The van der Waals surface area contributed by atoms with E-state index in [1.807, 2.05) is 6.92 Å². The van der Waals surface area contributed by atoms with E-state index in [-0.39, 0.29) is 17.8 Å². The fraction of sp³-hybridized carbons (Fsp3) is 0.571. The molecule has 0 spiro atoms. The first kappa shape index (κ1) is 12.5. The average Bonchev–Trinajstić information content (AvgIpc) is 2.35. The van der Waals surface area contributed by atoms with Crippen molar-refractivity contribution in [3.05, 3.63) is 35.1 Å². The minimum absolute atomic E-state index is 0.100. The topological polar surface area (TPSA) is 29.5 Å². The molecule has 1 heterocycles. The van der Waals surface area contributed by atoms with Gasteiger partial charge >= 0.3 is 0 Å². The maximum Gasteiger partial charge on any atom is 0.123 e. The van der Waals surface area contributed by atoms with Crippen LogP contribution in [0.5, 0.6) is 0 Å². The van der Waals surface area contributed by atoms with Crippen molar-refractivity contribution in [1.29, 1.82) is 0 Å². The van der Waals surface area contributed by atoms with E-state index in [0.717, 1.165) is 30.6 Å². The molecule has 0 radical (unpaired) electrons. The highest BCUT2D eigenvalue weighted by Gasteiger charge is 2.32. The minimum Gasteiger partial charge on any atom is -0.396 e. The Kier molecular flexibility index (Phi) is 3.79. The van der Waals surface area contributed by atoms with Crippen LogP contribution in [0.3, 0.4) is 0 Å². The summed E-state index contributed by atoms with van der Waals surface area (Å²) in [4.78, 5) is 0. The lowest BCUT2D eigenvalue weighted by molar-refractivity contribution is -0.0379. The third-order valence-electron chi connectivity index (χ3n) is 3.62. The van der Waals surface area contributed by atoms with E-state index >= 15 is 0 Å². The van der Waals surface area contributed by atoms with Gasteiger partial charge < -0.3 is 9.84 Å². The summed E-state index contributed by atoms with van der Waals surface area (Å²) < 4.78 is 18.7. The molecule has 1 fully saturated rings. The Morgan fingerprint density at radius 3 is 2.94 bits per heavy atom. The van der Waals surface area contributed by atoms with Crippen LogP contribution in [0, 0.1) is 18.2 Å². The molecule has 17 heavy (non-hydrogen) atoms. The van der Waals surface area contributed by atoms with E-state index in [2.05, 4.69) is 0 Å². The predicted octanol–water partition coefficient (Wildman–Crippen LogP) is 2.47. The first-order valence-electron chi connectivity index (χ1n) is 6.09. The molecule has 0 aliphatic carbocycles. The molecule has 0 saturated carbocycles. The Balaban J connectivity index is 2.20. The third kappa shape index (κ3) is 2.85. The monoisotopic (exact) mass is 238 g/mol. The van der Waals surface area contributed by atoms with Crippen LogP contribution in [-0.4, -0.2) is 24.9 Å². The van der Waals surface area contributed by atoms with Gasteiger partial charge in [0.1, 0.15) is 5.82 Å². The van der Waals surface area contributed by atoms with Gasteiger partial charge in [0.15, 0.2) is 0 Å². The fourth-order valence-corrected chi connectivity index (χ4v) is 2.46. The second-order valence-corrected chi connectivity index (χ2v) is 5.06. The molecule has 1 aromatic rings. The summed E-state index contributed by atoms with van der Waals surface area (Å²) in [7, 11) is 0. The minimum atomic E-state index is -0.225. The Morgan fingerprint density at radius 1 is 1.47 bits per heavy atom. The quantitative estimate of drug-likeness (QED) is 0.876. The van der Waals surface area contributed by atoms with Crippen LogP contribution in [0.1, 0.15) is 24.0 Å². The first-order chi connectivity index (χ1) is 8.15. The second kappa shape index (κ2) is 5.15. The van der Waals surface area contributed by atoms with Gasteiger partial charge in [-0.15, -0.1) is 0 Å². The van der Waals surface area contributed by atoms with Crippen LogP contribution in [0.15, 0.2) is 18.2 Å². The highest BCUT2D eigenvalue weighted by molar-refractivity contribution is 5.27. The van der Waals surface area contributed by atoms with Crippen molar-refractivity contribution >= 4 is 0 Å². The fourth-order valence-electron chi connectivity index (χ4n) is 2.46. The van der Waals surface area contributed by atoms with Crippen molar-refractivity contribution in [2.24, 2.45) is 5.41 Å². The standard InChI is InChI=1S/C14H19FO2/c1-11-3-4-13(15)7-12(11)8-14(9-16)5-2-6-17-10-14/h3-4,7,16H,2,5-6,8-10H2,1H3. The molecule has 1 aromatic carbocycles. The number of benzene rings is 1. The first-order valence-corrected chi connectivity index (χ1v) is 6.09. The summed E-state index contributed by atoms with van der Waals surface area (Å²) in [6.45, 7) is 3.41. The Labute approximate surface area is 101 Å². The molecule has 3 heteroatoms. The maximum absolute atomic E-state index is 13.2. The second-order valence-electron chi connectivity index (χ2n) is 5.06. The summed E-state index contributed by atoms with van der Waals surface area (Å²) in [5.41, 5.74) is 1.82. The number of aliphatic hydroxyl groups is 1. The Hall–Kier alpha value is -0.930. The molecule has 94 valence electrons. The third-order valence-corrected chi connectivity index (χ3v) is 3.62. The van der Waals surface area contributed by atoms with Gasteiger partial charge in [0.05, 0.1) is 13.2 Å². The normalized spacial score (nSPS) is 24.9. The molecule has 2 rings (SSSR count). The number of aliphatic hydroxyl groups excluding tert-OH is 1. The van der Waals surface area contributed by atoms with Gasteiger partial charge in [-0.25, -0.2) is 4.39 Å². The van der Waals surface area contributed by atoms with E-state index in [9.17, 15) is 9.50 Å². The van der Waals surface area contributed by atoms with Crippen molar-refractivity contribution in [1.82, 2.24) is 0 Å². The van der Waals surface area contributed by atoms with Gasteiger partial charge in [-0.1, -0.05) is 6.07 Å². The number of ether oxygens (including phenoxy) is 1. The molecule has 0 aromatic heterocycles. The van der Waals surface area contributed by atoms with Crippen LogP contribution < -0.4 is 0 Å². The van der Waals surface area contributed by atoms with Gasteiger partial charge in [0.25, 0.3) is 0 Å². The number of halogens is 1. The van der Waals surface area contributed by atoms with E-state index < -0.39 is 0 Å². The summed E-state index contributed by atoms with van der Waals surface area (Å²) in [6.07, 6.45) is 2.60. The van der Waals surface area contributed by atoms with Gasteiger partial charge in [-0.3, -0.25) is 0 Å². The molecular weight excluding hydrogens is 219 g/mol. The van der Waals surface area contributed by atoms with Crippen LogP contribution in [0.25, 0.3) is 0 Å². The van der Waals surface area contributed by atoms with E-state index in [0.29, 0.717) is 13.0 Å². The van der Waals surface area contributed by atoms with E-state index in [4.69, 9.17) is 4.74 Å². The van der Waals surface area contributed by atoms with Crippen molar-refractivity contribution in [3.63, 3.8) is 0 Å². The SMILES string of the molecule is Cc1ccc(F)cc1CC1(CO)CCCOC1. The number of hydrogen-bond donors (Lipinski definition) is 1. The molecule has 1 N–H and O–H groups in total. The zero-order chi connectivity index (χ0) is 12.3. The largest absolute Gasteiger partial charge is 0.396 e. The van der Waals surface area contributed by atoms with Crippen LogP contribution in [-0.2, 0) is 11.2 Å². The van der Waals surface area contributed by atoms with Crippen molar-refractivity contribution in [3.8, 4) is 0 Å². The molecular formula is C14H19FO2. The number of aryl methyl sites for hydroxylation is 1. The molecule has 2 nitrogen and oxygen atoms in total. The zero-order valence-electron chi connectivity index (χ0n) is 10.2. The van der Waals surface area contributed by atoms with Crippen molar-refractivity contribution < 1.29 is 14.2 Å². The molecule has 0 amide bonds. The molecule has 1 atom stereocenters. The Bertz CT molecular complexity index is 384. The molecule has 1 unspecified atom stereocenters. The maximum atomic E-state index is 13.2. The van der Waals surface area contributed by atoms with Crippen LogP contribution in [0.4, 0.5) is 4.39 Å². The summed E-state index contributed by atoms with van der Waals surface area (Å²) in [5, 5.41) is 9.59. The highest BCUT2D eigenvalue weighted by Crippen LogP contribution is 2.33. The van der Waals surface area contributed by atoms with Crippen molar-refractivity contribution in [2.45, 2.75) is 26.2 Å². The van der Waals surface area contributed by atoms with Crippen LogP contribution >= 0.6 is 0 Å². The molecule has 1 aliphatic heterocycles. The highest BCUT2D eigenvalue weighted by atomic mass is 19.1. The smallest absolute Gasteiger partial charge is 0.123 e. The Morgan fingerprint density at radius 2 is 2.29 bits per heavy atom. The van der Waals surface area contributed by atoms with Gasteiger partial charge in [0, 0.05) is 12.0 Å². The molecule has 1 saturated heterocycles.